The smallest absolute Gasteiger partial charge is 0.316 e. The van der Waals surface area contributed by atoms with Crippen molar-refractivity contribution in [2.45, 2.75) is 30.6 Å². The molecule has 1 aliphatic rings. The molecule has 1 fully saturated rings. The summed E-state index contributed by atoms with van der Waals surface area (Å²) in [5.41, 5.74) is 0.770. The maximum Gasteiger partial charge on any atom is 0.316 e. The van der Waals surface area contributed by atoms with Crippen LogP contribution in [-0.4, -0.2) is 46.3 Å². The summed E-state index contributed by atoms with van der Waals surface area (Å²) in [4.78, 5) is 11.4. The minimum absolute atomic E-state index is 0.0951. The number of carbonyl (C=O) groups excluding carboxylic acids is 1. The minimum atomic E-state index is -0.324. The highest BCUT2D eigenvalue weighted by atomic mass is 32.2. The van der Waals surface area contributed by atoms with E-state index < -0.39 is 0 Å². The van der Waals surface area contributed by atoms with Gasteiger partial charge in [0.25, 0.3) is 0 Å². The Morgan fingerprint density at radius 1 is 1.42 bits per heavy atom. The predicted octanol–water partition coefficient (Wildman–Crippen LogP) is 2.53. The molecule has 0 aliphatic carbocycles. The average Bonchev–Trinajstić information content (AvgIpc) is 3.24. The molecule has 1 aliphatic heterocycles. The molecule has 8 heteroatoms. The fourth-order valence-electron chi connectivity index (χ4n) is 2.55. The highest BCUT2D eigenvalue weighted by molar-refractivity contribution is 7.99. The van der Waals surface area contributed by atoms with Crippen LogP contribution in [0.5, 0.6) is 0 Å². The van der Waals surface area contributed by atoms with Crippen molar-refractivity contribution in [1.82, 2.24) is 14.8 Å². The number of methoxy groups -OCH3 is 1. The van der Waals surface area contributed by atoms with E-state index in [-0.39, 0.29) is 23.6 Å². The maximum atomic E-state index is 13.2. The van der Waals surface area contributed by atoms with Crippen molar-refractivity contribution < 1.29 is 18.7 Å². The van der Waals surface area contributed by atoms with E-state index in [1.54, 1.807) is 12.1 Å². The topological polar surface area (TPSA) is 66.2 Å². The highest BCUT2D eigenvalue weighted by Gasteiger charge is 2.22. The van der Waals surface area contributed by atoms with Crippen LogP contribution in [0, 0.1) is 5.82 Å². The van der Waals surface area contributed by atoms with E-state index in [1.165, 1.54) is 31.0 Å². The van der Waals surface area contributed by atoms with Crippen LogP contribution >= 0.6 is 11.8 Å². The van der Waals surface area contributed by atoms with Crippen LogP contribution in [0.1, 0.15) is 12.8 Å². The first-order valence-electron chi connectivity index (χ1n) is 7.67. The fourth-order valence-corrected chi connectivity index (χ4v) is 3.33. The van der Waals surface area contributed by atoms with Gasteiger partial charge in [-0.2, -0.15) is 0 Å². The monoisotopic (exact) mass is 351 g/mol. The van der Waals surface area contributed by atoms with Gasteiger partial charge < -0.3 is 9.47 Å². The molecule has 0 N–H and O–H groups in total. The lowest BCUT2D eigenvalue weighted by Gasteiger charge is -2.14. The molecule has 2 aromatic rings. The van der Waals surface area contributed by atoms with E-state index in [9.17, 15) is 9.18 Å². The number of thioether (sulfide) groups is 1. The first-order valence-corrected chi connectivity index (χ1v) is 8.66. The van der Waals surface area contributed by atoms with Gasteiger partial charge in [-0.05, 0) is 37.1 Å². The van der Waals surface area contributed by atoms with Crippen LogP contribution in [-0.2, 0) is 20.8 Å². The van der Waals surface area contributed by atoms with Gasteiger partial charge in [0, 0.05) is 12.2 Å². The Labute approximate surface area is 143 Å². The normalized spacial score (nSPS) is 17.2. The van der Waals surface area contributed by atoms with Crippen molar-refractivity contribution in [3.05, 3.63) is 30.1 Å². The van der Waals surface area contributed by atoms with Gasteiger partial charge in [-0.15, -0.1) is 10.2 Å². The maximum absolute atomic E-state index is 13.2. The molecule has 1 saturated heterocycles. The largest absolute Gasteiger partial charge is 0.468 e. The number of nitrogens with zero attached hydrogens (tertiary/aromatic N) is 3. The van der Waals surface area contributed by atoms with Crippen LogP contribution in [0.25, 0.3) is 11.4 Å². The summed E-state index contributed by atoms with van der Waals surface area (Å²) in [5.74, 6) is 0.168. The fraction of sp³-hybridized carbons (Fsp3) is 0.438. The van der Waals surface area contributed by atoms with Crippen molar-refractivity contribution in [1.29, 1.82) is 0 Å². The quantitative estimate of drug-likeness (QED) is 0.589. The van der Waals surface area contributed by atoms with E-state index in [0.717, 1.165) is 25.0 Å². The molecule has 1 atom stereocenters. The number of esters is 1. The second kappa shape index (κ2) is 7.76. The minimum Gasteiger partial charge on any atom is -0.468 e. The van der Waals surface area contributed by atoms with E-state index in [4.69, 9.17) is 4.74 Å². The molecule has 0 bridgehead atoms. The number of rotatable bonds is 6. The lowest BCUT2D eigenvalue weighted by Crippen LogP contribution is -2.17. The van der Waals surface area contributed by atoms with Crippen LogP contribution in [0.15, 0.2) is 29.4 Å². The van der Waals surface area contributed by atoms with Crippen molar-refractivity contribution in [3.8, 4) is 11.4 Å². The van der Waals surface area contributed by atoms with Crippen LogP contribution < -0.4 is 0 Å². The Balaban J connectivity index is 1.87. The molecule has 128 valence electrons. The number of benzene rings is 1. The SMILES string of the molecule is COC(=O)CSc1nnc(-c2ccc(F)cc2)n1C[C@H]1CCCO1. The molecule has 6 nitrogen and oxygen atoms in total. The Hall–Kier alpha value is -1.93. The summed E-state index contributed by atoms with van der Waals surface area (Å²) in [6.45, 7) is 1.35. The number of aromatic nitrogens is 3. The predicted molar refractivity (Wildman–Crippen MR) is 87.1 cm³/mol. The Kier molecular flexibility index (Phi) is 5.47. The summed E-state index contributed by atoms with van der Waals surface area (Å²) in [7, 11) is 1.35. The van der Waals surface area contributed by atoms with E-state index in [1.807, 2.05) is 4.57 Å². The summed E-state index contributed by atoms with van der Waals surface area (Å²) in [6, 6.07) is 6.11. The van der Waals surface area contributed by atoms with Crippen molar-refractivity contribution in [3.63, 3.8) is 0 Å². The molecule has 1 aromatic carbocycles. The molecule has 3 rings (SSSR count). The molecule has 2 heterocycles. The van der Waals surface area contributed by atoms with Gasteiger partial charge in [-0.25, -0.2) is 4.39 Å². The third-order valence-electron chi connectivity index (χ3n) is 3.78. The highest BCUT2D eigenvalue weighted by Crippen LogP contribution is 2.26. The Morgan fingerprint density at radius 3 is 2.88 bits per heavy atom. The first-order chi connectivity index (χ1) is 11.7. The van der Waals surface area contributed by atoms with Gasteiger partial charge >= 0.3 is 5.97 Å². The van der Waals surface area contributed by atoms with Crippen LogP contribution in [0.4, 0.5) is 4.39 Å². The van der Waals surface area contributed by atoms with Gasteiger partial charge in [0.05, 0.1) is 25.5 Å². The molecule has 0 spiro atoms. The van der Waals surface area contributed by atoms with Gasteiger partial charge in [0.1, 0.15) is 5.82 Å². The number of ether oxygens (including phenoxy) is 2. The number of hydrogen-bond donors (Lipinski definition) is 0. The van der Waals surface area contributed by atoms with E-state index in [2.05, 4.69) is 14.9 Å². The zero-order chi connectivity index (χ0) is 16.9. The lowest BCUT2D eigenvalue weighted by atomic mass is 10.2. The number of hydrogen-bond acceptors (Lipinski definition) is 6. The second-order valence-electron chi connectivity index (χ2n) is 5.42. The van der Waals surface area contributed by atoms with Crippen LogP contribution in [0.2, 0.25) is 0 Å². The molecule has 0 saturated carbocycles. The second-order valence-corrected chi connectivity index (χ2v) is 6.37. The van der Waals surface area contributed by atoms with E-state index >= 15 is 0 Å². The molecule has 1 aromatic heterocycles. The third kappa shape index (κ3) is 3.93. The Morgan fingerprint density at radius 2 is 2.21 bits per heavy atom. The van der Waals surface area contributed by atoms with E-state index in [0.29, 0.717) is 17.5 Å². The summed E-state index contributed by atoms with van der Waals surface area (Å²) >= 11 is 1.27. The lowest BCUT2D eigenvalue weighted by molar-refractivity contribution is -0.137. The Bertz CT molecular complexity index is 699. The van der Waals surface area contributed by atoms with Crippen molar-refractivity contribution in [2.24, 2.45) is 0 Å². The summed E-state index contributed by atoms with van der Waals surface area (Å²) in [5, 5.41) is 9.03. The van der Waals surface area contributed by atoms with Crippen molar-refractivity contribution >= 4 is 17.7 Å². The third-order valence-corrected chi connectivity index (χ3v) is 4.72. The molecule has 24 heavy (non-hydrogen) atoms. The van der Waals surface area contributed by atoms with Gasteiger partial charge in [-0.1, -0.05) is 11.8 Å². The van der Waals surface area contributed by atoms with Crippen LogP contribution in [0.3, 0.4) is 0 Å². The number of halogens is 1. The van der Waals surface area contributed by atoms with Gasteiger partial charge in [0.15, 0.2) is 11.0 Å². The zero-order valence-corrected chi connectivity index (χ0v) is 14.1. The molecule has 0 amide bonds. The van der Waals surface area contributed by atoms with Gasteiger partial charge in [-0.3, -0.25) is 9.36 Å². The summed E-state index contributed by atoms with van der Waals surface area (Å²) < 4.78 is 25.5. The molecule has 0 unspecified atom stereocenters. The molecular weight excluding hydrogens is 333 g/mol. The molecular formula is C16H18FN3O3S. The zero-order valence-electron chi connectivity index (χ0n) is 13.3. The van der Waals surface area contributed by atoms with Gasteiger partial charge in [0.2, 0.25) is 0 Å². The number of carbonyl (C=O) groups is 1. The molecule has 0 radical (unpaired) electrons. The van der Waals surface area contributed by atoms with Crippen molar-refractivity contribution in [2.75, 3.05) is 19.5 Å². The average molecular weight is 351 g/mol. The summed E-state index contributed by atoms with van der Waals surface area (Å²) in [6.07, 6.45) is 2.10. The standard InChI is InChI=1S/C16H18FN3O3S/c1-22-14(21)10-24-16-19-18-15(11-4-6-12(17)7-5-11)20(16)9-13-3-2-8-23-13/h4-7,13H,2-3,8-10H2,1H3/t13-/m1/s1. The first kappa shape index (κ1) is 16.9.